The summed E-state index contributed by atoms with van der Waals surface area (Å²) in [5.74, 6) is -2.06. The minimum atomic E-state index is -1.33. The lowest BCUT2D eigenvalue weighted by atomic mass is 9.80. The third-order valence-corrected chi connectivity index (χ3v) is 3.36. The molecule has 26 heavy (non-hydrogen) atoms. The maximum atomic E-state index is 10.8. The van der Waals surface area contributed by atoms with E-state index < -0.39 is 23.4 Å². The molecule has 0 aliphatic heterocycles. The maximum absolute atomic E-state index is 10.8. The fraction of sp³-hybridized carbons (Fsp3) is 0.278. The van der Waals surface area contributed by atoms with Gasteiger partial charge in [-0.1, -0.05) is 48.6 Å². The number of hydrogen-bond acceptors (Lipinski definition) is 4. The van der Waals surface area contributed by atoms with Gasteiger partial charge in [-0.05, 0) is 31.9 Å². The number of carboxylic acids is 2. The molecule has 0 aromatic heterocycles. The van der Waals surface area contributed by atoms with Crippen LogP contribution >= 0.6 is 0 Å². The summed E-state index contributed by atoms with van der Waals surface area (Å²) in [4.78, 5) is 30.1. The molecule has 0 saturated carbocycles. The van der Waals surface area contributed by atoms with Gasteiger partial charge >= 0.3 is 18.0 Å². The normalized spacial score (nSPS) is 17.5. The molecule has 142 valence electrons. The van der Waals surface area contributed by atoms with Crippen molar-refractivity contribution >= 4 is 18.0 Å². The minimum Gasteiger partial charge on any atom is -0.481 e. The van der Waals surface area contributed by atoms with Crippen LogP contribution in [0.5, 0.6) is 0 Å². The van der Waals surface area contributed by atoms with Gasteiger partial charge in [-0.15, -0.1) is 0 Å². The van der Waals surface area contributed by atoms with E-state index in [0.717, 1.165) is 13.0 Å². The van der Waals surface area contributed by atoms with Crippen LogP contribution in [0.25, 0.3) is 0 Å². The minimum absolute atomic E-state index is 0.0359. The van der Waals surface area contributed by atoms with Gasteiger partial charge in [0.1, 0.15) is 0 Å². The van der Waals surface area contributed by atoms with Crippen molar-refractivity contribution in [3.63, 3.8) is 0 Å². The molecule has 0 fully saturated rings. The zero-order valence-electron chi connectivity index (χ0n) is 14.5. The molecular formula is C18H24N2O6. The first kappa shape index (κ1) is 22.9. The molecule has 0 saturated heterocycles. The Kier molecular flexibility index (Phi) is 10.1. The molecule has 1 amide bonds. The first-order valence-electron chi connectivity index (χ1n) is 7.70. The summed E-state index contributed by atoms with van der Waals surface area (Å²) < 4.78 is 0. The molecule has 0 spiro atoms. The molecule has 8 heteroatoms. The van der Waals surface area contributed by atoms with Gasteiger partial charge in [0.2, 0.25) is 0 Å². The summed E-state index contributed by atoms with van der Waals surface area (Å²) in [5, 5.41) is 24.7. The summed E-state index contributed by atoms with van der Waals surface area (Å²) in [7, 11) is 0. The Morgan fingerprint density at radius 3 is 2.08 bits per heavy atom. The maximum Gasteiger partial charge on any atom is 0.402 e. The van der Waals surface area contributed by atoms with Crippen LogP contribution in [0.4, 0.5) is 4.79 Å². The lowest BCUT2D eigenvalue weighted by molar-refractivity contribution is -0.145. The second-order valence-corrected chi connectivity index (χ2v) is 5.62. The number of allylic oxidation sites excluding steroid dienone is 2. The lowest BCUT2D eigenvalue weighted by Crippen LogP contribution is -2.28. The Bertz CT molecular complexity index is 666. The van der Waals surface area contributed by atoms with E-state index in [1.807, 2.05) is 18.2 Å². The van der Waals surface area contributed by atoms with Crippen LogP contribution in [-0.4, -0.2) is 39.9 Å². The Balaban J connectivity index is 0.000000416. The number of carboxylic acid groups (broad SMARTS) is 3. The fourth-order valence-corrected chi connectivity index (χ4v) is 2.00. The third-order valence-electron chi connectivity index (χ3n) is 3.36. The predicted octanol–water partition coefficient (Wildman–Crippen LogP) is 1.86. The number of aliphatic carboxylic acids is 2. The molecular weight excluding hydrogens is 340 g/mol. The van der Waals surface area contributed by atoms with E-state index in [-0.39, 0.29) is 12.0 Å². The van der Waals surface area contributed by atoms with Gasteiger partial charge in [0.25, 0.3) is 0 Å². The van der Waals surface area contributed by atoms with Crippen LogP contribution in [0.15, 0.2) is 54.1 Å². The monoisotopic (exact) mass is 364 g/mol. The summed E-state index contributed by atoms with van der Waals surface area (Å²) in [6.07, 6.45) is 4.09. The lowest BCUT2D eigenvalue weighted by Gasteiger charge is -2.23. The number of rotatable bonds is 4. The van der Waals surface area contributed by atoms with Gasteiger partial charge < -0.3 is 26.8 Å². The standard InChI is InChI=1S/C9H10O4.C8H11N.CH3NO2/c1-9(8(12)13)4-2-3-6(5-9)7(10)11;9-7-6-8-4-2-1-3-5-8;2-1(3)4/h2-4H,5H2,1H3,(H,10,11)(H,12,13);1-5H,6-7,9H2;2H2,(H,3,4). The van der Waals surface area contributed by atoms with Crippen molar-refractivity contribution in [3.05, 3.63) is 59.7 Å². The van der Waals surface area contributed by atoms with Gasteiger partial charge in [-0.25, -0.2) is 9.59 Å². The summed E-state index contributed by atoms with van der Waals surface area (Å²) in [6.45, 7) is 2.24. The number of amides is 1. The van der Waals surface area contributed by atoms with Crippen molar-refractivity contribution in [3.8, 4) is 0 Å². The first-order valence-corrected chi connectivity index (χ1v) is 7.70. The number of nitrogens with two attached hydrogens (primary N) is 2. The van der Waals surface area contributed by atoms with Crippen molar-refractivity contribution in [2.45, 2.75) is 19.8 Å². The smallest absolute Gasteiger partial charge is 0.402 e. The largest absolute Gasteiger partial charge is 0.481 e. The van der Waals surface area contributed by atoms with Gasteiger partial charge in [0, 0.05) is 5.57 Å². The van der Waals surface area contributed by atoms with Crippen LogP contribution in [0.2, 0.25) is 0 Å². The molecule has 7 N–H and O–H groups in total. The number of primary amides is 1. The second-order valence-electron chi connectivity index (χ2n) is 5.62. The quantitative estimate of drug-likeness (QED) is 0.544. The van der Waals surface area contributed by atoms with Crippen molar-refractivity contribution in [1.82, 2.24) is 0 Å². The average Bonchev–Trinajstić information content (AvgIpc) is 2.56. The van der Waals surface area contributed by atoms with Crippen molar-refractivity contribution < 1.29 is 29.7 Å². The number of hydrogen-bond donors (Lipinski definition) is 5. The number of carbonyl (C=O) groups is 3. The van der Waals surface area contributed by atoms with Gasteiger partial charge in [0.15, 0.2) is 0 Å². The Labute approximate surface area is 151 Å². The Hall–Kier alpha value is -3.13. The number of benzene rings is 1. The van der Waals surface area contributed by atoms with E-state index in [1.165, 1.54) is 30.7 Å². The van der Waals surface area contributed by atoms with Gasteiger partial charge in [-0.3, -0.25) is 4.79 Å². The molecule has 1 unspecified atom stereocenters. The highest BCUT2D eigenvalue weighted by molar-refractivity contribution is 5.90. The van der Waals surface area contributed by atoms with Crippen LogP contribution in [-0.2, 0) is 16.0 Å². The summed E-state index contributed by atoms with van der Waals surface area (Å²) >= 11 is 0. The zero-order chi connectivity index (χ0) is 20.2. The molecule has 0 bridgehead atoms. The molecule has 1 aliphatic carbocycles. The molecule has 0 radical (unpaired) electrons. The van der Waals surface area contributed by atoms with Crippen molar-refractivity contribution in [1.29, 1.82) is 0 Å². The van der Waals surface area contributed by atoms with Crippen LogP contribution < -0.4 is 11.5 Å². The van der Waals surface area contributed by atoms with E-state index in [0.29, 0.717) is 0 Å². The molecule has 0 heterocycles. The topological polar surface area (TPSA) is 164 Å². The summed E-state index contributed by atoms with van der Waals surface area (Å²) in [6, 6.07) is 10.3. The zero-order valence-corrected chi connectivity index (χ0v) is 14.5. The van der Waals surface area contributed by atoms with E-state index in [2.05, 4.69) is 17.9 Å². The molecule has 1 aliphatic rings. The van der Waals surface area contributed by atoms with E-state index in [9.17, 15) is 9.59 Å². The highest BCUT2D eigenvalue weighted by atomic mass is 16.4. The molecule has 1 atom stereocenters. The van der Waals surface area contributed by atoms with Gasteiger partial charge in [-0.2, -0.15) is 0 Å². The predicted molar refractivity (Wildman–Crippen MR) is 96.6 cm³/mol. The van der Waals surface area contributed by atoms with E-state index in [4.69, 9.17) is 25.8 Å². The fourth-order valence-electron chi connectivity index (χ4n) is 2.00. The highest BCUT2D eigenvalue weighted by Crippen LogP contribution is 2.31. The Morgan fingerprint density at radius 2 is 1.65 bits per heavy atom. The second kappa shape index (κ2) is 11.4. The molecule has 1 aromatic rings. The molecule has 2 rings (SSSR count). The van der Waals surface area contributed by atoms with Crippen LogP contribution in [0.1, 0.15) is 18.9 Å². The van der Waals surface area contributed by atoms with Crippen molar-refractivity contribution in [2.75, 3.05) is 6.54 Å². The van der Waals surface area contributed by atoms with Crippen molar-refractivity contribution in [2.24, 2.45) is 16.9 Å². The van der Waals surface area contributed by atoms with Crippen LogP contribution in [0.3, 0.4) is 0 Å². The Morgan fingerprint density at radius 1 is 1.12 bits per heavy atom. The third kappa shape index (κ3) is 9.24. The molecule has 8 nitrogen and oxygen atoms in total. The molecule has 1 aromatic carbocycles. The average molecular weight is 364 g/mol. The van der Waals surface area contributed by atoms with E-state index in [1.54, 1.807) is 0 Å². The van der Waals surface area contributed by atoms with Gasteiger partial charge in [0.05, 0.1) is 5.41 Å². The summed E-state index contributed by atoms with van der Waals surface area (Å²) in [5.41, 5.74) is 9.76. The first-order chi connectivity index (χ1) is 12.1. The van der Waals surface area contributed by atoms with E-state index >= 15 is 0 Å². The highest BCUT2D eigenvalue weighted by Gasteiger charge is 2.34. The van der Waals surface area contributed by atoms with Crippen LogP contribution in [0, 0.1) is 5.41 Å². The SMILES string of the molecule is CC1(C(=O)O)C=CC=C(C(=O)O)C1.NC(=O)O.NCCc1ccccc1.